The van der Waals surface area contributed by atoms with Gasteiger partial charge in [-0.25, -0.2) is 8.42 Å². The molecule has 2 aromatic carbocycles. The van der Waals surface area contributed by atoms with Crippen molar-refractivity contribution in [3.63, 3.8) is 0 Å². The SMILES string of the molecule is CCS(=O)(=O)N(C)c1ccc(C(=O)NC(C)c2ccc3c(c2)OCCO3)cc1. The van der Waals surface area contributed by atoms with Gasteiger partial charge in [-0.15, -0.1) is 0 Å². The van der Waals surface area contributed by atoms with Crippen LogP contribution in [0, 0.1) is 0 Å². The molecule has 1 atom stereocenters. The molecule has 0 bridgehead atoms. The van der Waals surface area contributed by atoms with E-state index in [0.717, 1.165) is 5.56 Å². The lowest BCUT2D eigenvalue weighted by Gasteiger charge is -2.21. The predicted octanol–water partition coefficient (Wildman–Crippen LogP) is 2.73. The van der Waals surface area contributed by atoms with Crippen LogP contribution in [0.25, 0.3) is 0 Å². The zero-order chi connectivity index (χ0) is 20.3. The molecular formula is C20H24N2O5S. The number of fused-ring (bicyclic) bond motifs is 1. The molecule has 28 heavy (non-hydrogen) atoms. The van der Waals surface area contributed by atoms with Crippen LogP contribution in [0.15, 0.2) is 42.5 Å². The lowest BCUT2D eigenvalue weighted by atomic mass is 10.1. The van der Waals surface area contributed by atoms with Crippen LogP contribution in [0.2, 0.25) is 0 Å². The van der Waals surface area contributed by atoms with Gasteiger partial charge in [0.05, 0.1) is 17.5 Å². The average molecular weight is 404 g/mol. The van der Waals surface area contributed by atoms with Crippen molar-refractivity contribution in [1.82, 2.24) is 5.32 Å². The fourth-order valence-electron chi connectivity index (χ4n) is 2.87. The molecule has 1 aliphatic rings. The summed E-state index contributed by atoms with van der Waals surface area (Å²) in [4.78, 5) is 12.6. The first kappa shape index (κ1) is 20.0. The minimum absolute atomic E-state index is 0.0127. The monoisotopic (exact) mass is 404 g/mol. The fraction of sp³-hybridized carbons (Fsp3) is 0.350. The van der Waals surface area contributed by atoms with Crippen molar-refractivity contribution in [3.05, 3.63) is 53.6 Å². The Bertz CT molecular complexity index is 957. The summed E-state index contributed by atoms with van der Waals surface area (Å²) in [6, 6.07) is 11.8. The highest BCUT2D eigenvalue weighted by atomic mass is 32.2. The Labute approximate surface area is 165 Å². The second-order valence-electron chi connectivity index (χ2n) is 6.51. The van der Waals surface area contributed by atoms with Crippen LogP contribution in [-0.2, 0) is 10.0 Å². The molecule has 0 saturated carbocycles. The molecular weight excluding hydrogens is 380 g/mol. The number of carbonyl (C=O) groups is 1. The molecule has 0 saturated heterocycles. The highest BCUT2D eigenvalue weighted by molar-refractivity contribution is 7.92. The van der Waals surface area contributed by atoms with E-state index in [1.807, 2.05) is 25.1 Å². The standard InChI is InChI=1S/C20H24N2O5S/c1-4-28(24,25)22(3)17-8-5-15(6-9-17)20(23)21-14(2)16-7-10-18-19(13-16)27-12-11-26-18/h5-10,13-14H,4,11-12H2,1-3H3,(H,21,23). The van der Waals surface area contributed by atoms with Gasteiger partial charge in [-0.3, -0.25) is 9.10 Å². The van der Waals surface area contributed by atoms with Crippen LogP contribution in [0.3, 0.4) is 0 Å². The molecule has 0 aromatic heterocycles. The largest absolute Gasteiger partial charge is 0.486 e. The summed E-state index contributed by atoms with van der Waals surface area (Å²) < 4.78 is 36.2. The quantitative estimate of drug-likeness (QED) is 0.800. The minimum atomic E-state index is -3.34. The predicted molar refractivity (Wildman–Crippen MR) is 108 cm³/mol. The Morgan fingerprint density at radius 2 is 1.75 bits per heavy atom. The number of hydrogen-bond acceptors (Lipinski definition) is 5. The number of carbonyl (C=O) groups excluding carboxylic acids is 1. The third kappa shape index (κ3) is 4.22. The van der Waals surface area contributed by atoms with Gasteiger partial charge >= 0.3 is 0 Å². The molecule has 1 amide bonds. The molecule has 0 aliphatic carbocycles. The van der Waals surface area contributed by atoms with Gasteiger partial charge in [0.2, 0.25) is 10.0 Å². The molecule has 0 fully saturated rings. The number of ether oxygens (including phenoxy) is 2. The van der Waals surface area contributed by atoms with Gasteiger partial charge in [0.1, 0.15) is 13.2 Å². The topological polar surface area (TPSA) is 84.9 Å². The summed E-state index contributed by atoms with van der Waals surface area (Å²) in [6.45, 7) is 4.52. The Morgan fingerprint density at radius 3 is 2.39 bits per heavy atom. The number of nitrogens with zero attached hydrogens (tertiary/aromatic N) is 1. The molecule has 3 rings (SSSR count). The smallest absolute Gasteiger partial charge is 0.251 e. The summed E-state index contributed by atoms with van der Waals surface area (Å²) in [5.41, 5.74) is 1.87. The first-order chi connectivity index (χ1) is 13.3. The van der Waals surface area contributed by atoms with Gasteiger partial charge in [-0.05, 0) is 55.8 Å². The molecule has 0 spiro atoms. The zero-order valence-corrected chi connectivity index (χ0v) is 17.0. The van der Waals surface area contributed by atoms with Gasteiger partial charge in [0, 0.05) is 12.6 Å². The van der Waals surface area contributed by atoms with E-state index in [-0.39, 0.29) is 17.7 Å². The fourth-order valence-corrected chi connectivity index (χ4v) is 3.70. The molecule has 2 aromatic rings. The molecule has 7 nitrogen and oxygen atoms in total. The number of benzene rings is 2. The Balaban J connectivity index is 1.69. The van der Waals surface area contributed by atoms with Crippen molar-refractivity contribution in [3.8, 4) is 11.5 Å². The van der Waals surface area contributed by atoms with Crippen LogP contribution in [0.5, 0.6) is 11.5 Å². The number of anilines is 1. The van der Waals surface area contributed by atoms with Gasteiger partial charge in [-0.1, -0.05) is 6.07 Å². The highest BCUT2D eigenvalue weighted by Gasteiger charge is 2.18. The molecule has 1 N–H and O–H groups in total. The Hall–Kier alpha value is -2.74. The first-order valence-electron chi connectivity index (χ1n) is 9.09. The number of nitrogens with one attached hydrogen (secondary N) is 1. The van der Waals surface area contributed by atoms with Crippen LogP contribution in [0.1, 0.15) is 35.8 Å². The molecule has 8 heteroatoms. The zero-order valence-electron chi connectivity index (χ0n) is 16.1. The summed E-state index contributed by atoms with van der Waals surface area (Å²) in [5, 5.41) is 2.94. The van der Waals surface area contributed by atoms with Crippen LogP contribution in [0.4, 0.5) is 5.69 Å². The molecule has 1 aliphatic heterocycles. The van der Waals surface area contributed by atoms with E-state index in [9.17, 15) is 13.2 Å². The third-order valence-electron chi connectivity index (χ3n) is 4.69. The van der Waals surface area contributed by atoms with E-state index >= 15 is 0 Å². The Kier molecular flexibility index (Phi) is 5.79. The number of hydrogen-bond donors (Lipinski definition) is 1. The summed E-state index contributed by atoms with van der Waals surface area (Å²) in [7, 11) is -1.84. The van der Waals surface area contributed by atoms with Crippen molar-refractivity contribution in [2.75, 3.05) is 30.3 Å². The second-order valence-corrected chi connectivity index (χ2v) is 8.80. The molecule has 1 heterocycles. The van der Waals surface area contributed by atoms with Crippen molar-refractivity contribution >= 4 is 21.6 Å². The van der Waals surface area contributed by atoms with Gasteiger partial charge in [0.15, 0.2) is 11.5 Å². The minimum Gasteiger partial charge on any atom is -0.486 e. The number of amides is 1. The Morgan fingerprint density at radius 1 is 1.11 bits per heavy atom. The van der Waals surface area contributed by atoms with Gasteiger partial charge in [0.25, 0.3) is 5.91 Å². The van der Waals surface area contributed by atoms with Crippen LogP contribution in [-0.4, -0.2) is 40.3 Å². The average Bonchev–Trinajstić information content (AvgIpc) is 2.72. The molecule has 0 radical (unpaired) electrons. The lowest BCUT2D eigenvalue weighted by Crippen LogP contribution is -2.28. The maximum atomic E-state index is 12.6. The van der Waals surface area contributed by atoms with Crippen LogP contribution < -0.4 is 19.1 Å². The number of sulfonamides is 1. The molecule has 150 valence electrons. The highest BCUT2D eigenvalue weighted by Crippen LogP contribution is 2.32. The normalized spacial score (nSPS) is 14.2. The van der Waals surface area contributed by atoms with E-state index in [1.165, 1.54) is 11.4 Å². The van der Waals surface area contributed by atoms with Gasteiger partial charge in [-0.2, -0.15) is 0 Å². The summed E-state index contributed by atoms with van der Waals surface area (Å²) >= 11 is 0. The van der Waals surface area contributed by atoms with E-state index in [0.29, 0.717) is 36.0 Å². The van der Waals surface area contributed by atoms with Crippen molar-refractivity contribution in [1.29, 1.82) is 0 Å². The maximum Gasteiger partial charge on any atom is 0.251 e. The number of rotatable bonds is 6. The van der Waals surface area contributed by atoms with E-state index < -0.39 is 10.0 Å². The van der Waals surface area contributed by atoms with Gasteiger partial charge < -0.3 is 14.8 Å². The molecule has 1 unspecified atom stereocenters. The first-order valence-corrected chi connectivity index (χ1v) is 10.7. The lowest BCUT2D eigenvalue weighted by molar-refractivity contribution is 0.0939. The maximum absolute atomic E-state index is 12.6. The summed E-state index contributed by atoms with van der Waals surface area (Å²) in [6.07, 6.45) is 0. The van der Waals surface area contributed by atoms with E-state index in [2.05, 4.69) is 5.32 Å². The summed E-state index contributed by atoms with van der Waals surface area (Å²) in [5.74, 6) is 1.15. The van der Waals surface area contributed by atoms with Crippen molar-refractivity contribution in [2.24, 2.45) is 0 Å². The third-order valence-corrected chi connectivity index (χ3v) is 6.46. The second kappa shape index (κ2) is 8.10. The van der Waals surface area contributed by atoms with E-state index in [4.69, 9.17) is 9.47 Å². The van der Waals surface area contributed by atoms with E-state index in [1.54, 1.807) is 31.2 Å². The van der Waals surface area contributed by atoms with Crippen molar-refractivity contribution in [2.45, 2.75) is 19.9 Å². The van der Waals surface area contributed by atoms with Crippen LogP contribution >= 0.6 is 0 Å². The van der Waals surface area contributed by atoms with Crippen molar-refractivity contribution < 1.29 is 22.7 Å².